The van der Waals surface area contributed by atoms with Gasteiger partial charge in [0.15, 0.2) is 0 Å². The molecule has 0 spiro atoms. The Balaban J connectivity index is 1.63. The molecule has 1 heterocycles. The van der Waals surface area contributed by atoms with Gasteiger partial charge in [0, 0.05) is 30.7 Å². The number of carbonyl (C=O) groups excluding carboxylic acids is 2. The lowest BCUT2D eigenvalue weighted by molar-refractivity contribution is 0.0999. The van der Waals surface area contributed by atoms with Crippen LogP contribution in [0.15, 0.2) is 82.1 Å². The largest absolute Gasteiger partial charge is 0.497 e. The molecule has 35 heavy (non-hydrogen) atoms. The van der Waals surface area contributed by atoms with Gasteiger partial charge in [-0.15, -0.1) is 0 Å². The van der Waals surface area contributed by atoms with E-state index in [-0.39, 0.29) is 21.9 Å². The van der Waals surface area contributed by atoms with Crippen LogP contribution < -0.4 is 15.4 Å². The number of para-hydroxylation sites is 1. The van der Waals surface area contributed by atoms with Gasteiger partial charge in [-0.25, -0.2) is 12.7 Å². The summed E-state index contributed by atoms with van der Waals surface area (Å²) < 4.78 is 36.6. The van der Waals surface area contributed by atoms with E-state index in [4.69, 9.17) is 9.15 Å². The monoisotopic (exact) mass is 493 g/mol. The number of nitrogens with zero attached hydrogens (tertiary/aromatic N) is 1. The van der Waals surface area contributed by atoms with Crippen molar-refractivity contribution >= 4 is 44.2 Å². The van der Waals surface area contributed by atoms with Crippen LogP contribution in [0.1, 0.15) is 20.9 Å². The lowest BCUT2D eigenvalue weighted by Gasteiger charge is -2.12. The van der Waals surface area contributed by atoms with Crippen LogP contribution in [-0.4, -0.2) is 45.7 Å². The number of carbonyl (C=O) groups is 2. The van der Waals surface area contributed by atoms with Crippen molar-refractivity contribution in [1.82, 2.24) is 4.31 Å². The SMILES string of the molecule is COc1ccc(NC(=O)c2oc3ccccc3c2NC(=O)c2ccc(S(=O)(=O)N(C)C)cc2)cc1. The van der Waals surface area contributed by atoms with Gasteiger partial charge in [-0.05, 0) is 60.7 Å². The molecule has 0 radical (unpaired) electrons. The molecule has 1 aromatic heterocycles. The lowest BCUT2D eigenvalue weighted by Crippen LogP contribution is -2.22. The van der Waals surface area contributed by atoms with Crippen molar-refractivity contribution in [3.63, 3.8) is 0 Å². The maximum Gasteiger partial charge on any atom is 0.293 e. The van der Waals surface area contributed by atoms with E-state index >= 15 is 0 Å². The first-order chi connectivity index (χ1) is 16.7. The summed E-state index contributed by atoms with van der Waals surface area (Å²) in [7, 11) is 0.781. The Bertz CT molecular complexity index is 1490. The van der Waals surface area contributed by atoms with Crippen LogP contribution >= 0.6 is 0 Å². The number of rotatable bonds is 7. The Morgan fingerprint density at radius 1 is 0.857 bits per heavy atom. The smallest absolute Gasteiger partial charge is 0.293 e. The van der Waals surface area contributed by atoms with Gasteiger partial charge >= 0.3 is 0 Å². The minimum atomic E-state index is -3.62. The number of benzene rings is 3. The third-order valence-electron chi connectivity index (χ3n) is 5.28. The summed E-state index contributed by atoms with van der Waals surface area (Å²) in [5.74, 6) is -0.496. The number of nitrogens with one attached hydrogen (secondary N) is 2. The molecule has 0 saturated carbocycles. The first-order valence-electron chi connectivity index (χ1n) is 10.5. The van der Waals surface area contributed by atoms with E-state index in [1.165, 1.54) is 38.4 Å². The van der Waals surface area contributed by atoms with Crippen LogP contribution in [0.5, 0.6) is 5.75 Å². The van der Waals surface area contributed by atoms with Crippen molar-refractivity contribution in [2.24, 2.45) is 0 Å². The average Bonchev–Trinajstić information content (AvgIpc) is 3.23. The number of ether oxygens (including phenoxy) is 1. The zero-order chi connectivity index (χ0) is 25.2. The van der Waals surface area contributed by atoms with Gasteiger partial charge in [0.1, 0.15) is 17.0 Å². The Labute approximate surface area is 202 Å². The second kappa shape index (κ2) is 9.61. The zero-order valence-corrected chi connectivity index (χ0v) is 20.0. The maximum absolute atomic E-state index is 13.0. The van der Waals surface area contributed by atoms with Crippen molar-refractivity contribution in [3.05, 3.63) is 84.1 Å². The molecule has 10 heteroatoms. The average molecular weight is 494 g/mol. The van der Waals surface area contributed by atoms with E-state index in [2.05, 4.69) is 10.6 Å². The van der Waals surface area contributed by atoms with Gasteiger partial charge in [0.05, 0.1) is 12.0 Å². The topological polar surface area (TPSA) is 118 Å². The molecular formula is C25H23N3O6S. The van der Waals surface area contributed by atoms with Gasteiger partial charge in [0.25, 0.3) is 11.8 Å². The molecule has 9 nitrogen and oxygen atoms in total. The highest BCUT2D eigenvalue weighted by Gasteiger charge is 2.23. The molecule has 4 rings (SSSR count). The predicted octanol–water partition coefficient (Wildman–Crippen LogP) is 4.20. The molecule has 2 amide bonds. The van der Waals surface area contributed by atoms with Gasteiger partial charge < -0.3 is 19.8 Å². The van der Waals surface area contributed by atoms with E-state index in [9.17, 15) is 18.0 Å². The predicted molar refractivity (Wildman–Crippen MR) is 132 cm³/mol. The minimum absolute atomic E-state index is 0.0624. The Morgan fingerprint density at radius 2 is 1.51 bits per heavy atom. The Hall–Kier alpha value is -4.15. The highest BCUT2D eigenvalue weighted by molar-refractivity contribution is 7.89. The minimum Gasteiger partial charge on any atom is -0.497 e. The molecular weight excluding hydrogens is 470 g/mol. The highest BCUT2D eigenvalue weighted by Crippen LogP contribution is 2.32. The second-order valence-corrected chi connectivity index (χ2v) is 9.90. The molecule has 2 N–H and O–H groups in total. The van der Waals surface area contributed by atoms with Crippen molar-refractivity contribution in [3.8, 4) is 5.75 Å². The van der Waals surface area contributed by atoms with Crippen LogP contribution in [0.3, 0.4) is 0 Å². The van der Waals surface area contributed by atoms with Gasteiger partial charge in [-0.2, -0.15) is 0 Å². The quantitative estimate of drug-likeness (QED) is 0.399. The number of amides is 2. The fraction of sp³-hybridized carbons (Fsp3) is 0.120. The summed E-state index contributed by atoms with van der Waals surface area (Å²) in [6.45, 7) is 0. The van der Waals surface area contributed by atoms with Crippen molar-refractivity contribution in [2.75, 3.05) is 31.8 Å². The van der Waals surface area contributed by atoms with Crippen molar-refractivity contribution in [1.29, 1.82) is 0 Å². The number of fused-ring (bicyclic) bond motifs is 1. The molecule has 0 saturated heterocycles. The number of anilines is 2. The lowest BCUT2D eigenvalue weighted by atomic mass is 10.1. The summed E-state index contributed by atoms with van der Waals surface area (Å²) in [6, 6.07) is 19.2. The van der Waals surface area contributed by atoms with E-state index in [1.807, 2.05) is 0 Å². The molecule has 180 valence electrons. The fourth-order valence-electron chi connectivity index (χ4n) is 3.37. The number of hydrogen-bond acceptors (Lipinski definition) is 6. The van der Waals surface area contributed by atoms with Crippen LogP contribution in [0.4, 0.5) is 11.4 Å². The van der Waals surface area contributed by atoms with Crippen LogP contribution in [0.2, 0.25) is 0 Å². The Morgan fingerprint density at radius 3 is 2.14 bits per heavy atom. The first kappa shape index (κ1) is 24.0. The fourth-order valence-corrected chi connectivity index (χ4v) is 4.27. The van der Waals surface area contributed by atoms with Crippen molar-refractivity contribution in [2.45, 2.75) is 4.90 Å². The standard InChI is InChI=1S/C25H23N3O6S/c1-28(2)35(31,32)19-14-8-16(9-15-19)24(29)27-22-20-6-4-5-7-21(20)34-23(22)25(30)26-17-10-12-18(33-3)13-11-17/h4-15H,1-3H3,(H,26,30)(H,27,29). The van der Waals surface area contributed by atoms with Crippen LogP contribution in [-0.2, 0) is 10.0 Å². The molecule has 0 fully saturated rings. The molecule has 0 bridgehead atoms. The van der Waals surface area contributed by atoms with E-state index < -0.39 is 21.8 Å². The number of sulfonamides is 1. The molecule has 0 aliphatic carbocycles. The van der Waals surface area contributed by atoms with E-state index in [0.29, 0.717) is 22.4 Å². The number of hydrogen-bond donors (Lipinski definition) is 2. The third kappa shape index (κ3) is 4.88. The summed E-state index contributed by atoms with van der Waals surface area (Å²) in [5.41, 5.74) is 1.37. The highest BCUT2D eigenvalue weighted by atomic mass is 32.2. The second-order valence-electron chi connectivity index (χ2n) is 7.75. The molecule has 3 aromatic carbocycles. The summed E-state index contributed by atoms with van der Waals surface area (Å²) >= 11 is 0. The molecule has 4 aromatic rings. The third-order valence-corrected chi connectivity index (χ3v) is 7.11. The first-order valence-corrected chi connectivity index (χ1v) is 12.0. The zero-order valence-electron chi connectivity index (χ0n) is 19.2. The Kier molecular flexibility index (Phi) is 6.59. The van der Waals surface area contributed by atoms with E-state index in [0.717, 1.165) is 4.31 Å². The van der Waals surface area contributed by atoms with Crippen LogP contribution in [0, 0.1) is 0 Å². The molecule has 0 aliphatic heterocycles. The molecule has 0 atom stereocenters. The van der Waals surface area contributed by atoms with Crippen LogP contribution in [0.25, 0.3) is 11.0 Å². The maximum atomic E-state index is 13.0. The summed E-state index contributed by atoms with van der Waals surface area (Å²) in [4.78, 5) is 26.1. The number of furan rings is 1. The molecule has 0 unspecified atom stereocenters. The summed E-state index contributed by atoms with van der Waals surface area (Å²) in [6.07, 6.45) is 0. The van der Waals surface area contributed by atoms with Gasteiger partial charge in [-0.1, -0.05) is 12.1 Å². The van der Waals surface area contributed by atoms with Crippen molar-refractivity contribution < 1.29 is 27.2 Å². The molecule has 0 aliphatic rings. The van der Waals surface area contributed by atoms with E-state index in [1.54, 1.807) is 55.6 Å². The normalized spacial score (nSPS) is 11.4. The van der Waals surface area contributed by atoms with Gasteiger partial charge in [-0.3, -0.25) is 9.59 Å². The van der Waals surface area contributed by atoms with Gasteiger partial charge in [0.2, 0.25) is 15.8 Å². The summed E-state index contributed by atoms with van der Waals surface area (Å²) in [5, 5.41) is 6.04. The number of methoxy groups -OCH3 is 1.